The van der Waals surface area contributed by atoms with E-state index in [-0.39, 0.29) is 24.2 Å². The molecule has 0 atom stereocenters. The van der Waals surface area contributed by atoms with Gasteiger partial charge in [-0.1, -0.05) is 0 Å². The van der Waals surface area contributed by atoms with E-state index in [2.05, 4.69) is 5.32 Å². The van der Waals surface area contributed by atoms with Gasteiger partial charge in [0.1, 0.15) is 0 Å². The van der Waals surface area contributed by atoms with Crippen molar-refractivity contribution in [2.45, 2.75) is 51.6 Å². The second-order valence-electron chi connectivity index (χ2n) is 4.90. The number of nitrogens with one attached hydrogen (secondary N) is 1. The highest BCUT2D eigenvalue weighted by atomic mass is 16.7. The van der Waals surface area contributed by atoms with Crippen molar-refractivity contribution in [3.63, 3.8) is 0 Å². The first kappa shape index (κ1) is 12.5. The quantitative estimate of drug-likeness (QED) is 0.717. The molecule has 0 saturated carbocycles. The first-order chi connectivity index (χ1) is 6.78. The Balaban J connectivity index is 2.46. The maximum atomic E-state index is 11.1. The van der Waals surface area contributed by atoms with Gasteiger partial charge in [-0.3, -0.25) is 4.79 Å². The van der Waals surface area contributed by atoms with Crippen LogP contribution in [0.5, 0.6) is 0 Å². The molecule has 1 aliphatic heterocycles. The van der Waals surface area contributed by atoms with Gasteiger partial charge in [0.2, 0.25) is 5.91 Å². The molecule has 0 unspecified atom stereocenters. The fraction of sp³-hybridized carbons (Fsp3) is 0.900. The molecule has 4 nitrogen and oxygen atoms in total. The van der Waals surface area contributed by atoms with Crippen LogP contribution >= 0.6 is 0 Å². The molecule has 15 heavy (non-hydrogen) atoms. The smallest absolute Gasteiger partial charge is 0.403 e. The lowest BCUT2D eigenvalue weighted by Gasteiger charge is -2.32. The molecule has 1 fully saturated rings. The lowest BCUT2D eigenvalue weighted by atomic mass is 9.83. The molecule has 1 amide bonds. The highest BCUT2D eigenvalue weighted by Gasteiger charge is 2.50. The van der Waals surface area contributed by atoms with Crippen LogP contribution in [-0.2, 0) is 14.1 Å². The molecule has 0 aromatic heterocycles. The summed E-state index contributed by atoms with van der Waals surface area (Å²) in [5.74, 6) is 0.0183. The first-order valence-corrected chi connectivity index (χ1v) is 5.35. The molecule has 0 aromatic rings. The topological polar surface area (TPSA) is 47.6 Å². The van der Waals surface area contributed by atoms with Gasteiger partial charge in [-0.25, -0.2) is 0 Å². The third-order valence-electron chi connectivity index (χ3n) is 3.19. The van der Waals surface area contributed by atoms with E-state index in [1.54, 1.807) is 7.05 Å². The second kappa shape index (κ2) is 4.14. The minimum Gasteiger partial charge on any atom is -0.403 e. The third kappa shape index (κ3) is 2.72. The lowest BCUT2D eigenvalue weighted by Crippen LogP contribution is -2.41. The predicted octanol–water partition coefficient (Wildman–Crippen LogP) is 1.21. The van der Waals surface area contributed by atoms with Crippen LogP contribution in [0.4, 0.5) is 0 Å². The van der Waals surface area contributed by atoms with E-state index >= 15 is 0 Å². The van der Waals surface area contributed by atoms with Gasteiger partial charge >= 0.3 is 7.12 Å². The fourth-order valence-electron chi connectivity index (χ4n) is 1.46. The summed E-state index contributed by atoms with van der Waals surface area (Å²) in [5.41, 5.74) is -0.610. The fourth-order valence-corrected chi connectivity index (χ4v) is 1.46. The summed E-state index contributed by atoms with van der Waals surface area (Å²) in [6.45, 7) is 8.03. The van der Waals surface area contributed by atoms with E-state index in [0.29, 0.717) is 12.7 Å². The Labute approximate surface area is 91.8 Å². The Morgan fingerprint density at radius 2 is 1.67 bits per heavy atom. The average molecular weight is 213 g/mol. The molecule has 5 heteroatoms. The lowest BCUT2D eigenvalue weighted by molar-refractivity contribution is -0.120. The molecule has 1 N–H and O–H groups in total. The molecule has 1 heterocycles. The van der Waals surface area contributed by atoms with E-state index in [1.807, 2.05) is 27.7 Å². The molecule has 0 spiro atoms. The van der Waals surface area contributed by atoms with Gasteiger partial charge < -0.3 is 14.6 Å². The second-order valence-corrected chi connectivity index (χ2v) is 4.90. The Morgan fingerprint density at radius 3 is 2.07 bits per heavy atom. The number of hydrogen-bond acceptors (Lipinski definition) is 3. The third-order valence-corrected chi connectivity index (χ3v) is 3.19. The van der Waals surface area contributed by atoms with Crippen LogP contribution < -0.4 is 5.32 Å². The monoisotopic (exact) mass is 213 g/mol. The summed E-state index contributed by atoms with van der Waals surface area (Å²) >= 11 is 0. The molecule has 1 rings (SSSR count). The maximum Gasteiger partial charge on any atom is 0.458 e. The highest BCUT2D eigenvalue weighted by molar-refractivity contribution is 6.45. The average Bonchev–Trinajstić information content (AvgIpc) is 2.31. The van der Waals surface area contributed by atoms with Crippen LogP contribution in [-0.4, -0.2) is 31.3 Å². The Morgan fingerprint density at radius 1 is 1.20 bits per heavy atom. The van der Waals surface area contributed by atoms with Gasteiger partial charge in [0, 0.05) is 13.5 Å². The van der Waals surface area contributed by atoms with Crippen LogP contribution in [0.1, 0.15) is 34.1 Å². The largest absolute Gasteiger partial charge is 0.458 e. The van der Waals surface area contributed by atoms with Crippen molar-refractivity contribution in [3.8, 4) is 0 Å². The van der Waals surface area contributed by atoms with E-state index in [1.165, 1.54) is 0 Å². The molecule has 0 aliphatic carbocycles. The first-order valence-electron chi connectivity index (χ1n) is 5.35. The van der Waals surface area contributed by atoms with E-state index in [0.717, 1.165) is 0 Å². The normalized spacial score (nSPS) is 22.9. The minimum absolute atomic E-state index is 0.0183. The summed E-state index contributed by atoms with van der Waals surface area (Å²) in [6.07, 6.45) is 1.04. The van der Waals surface area contributed by atoms with Crippen molar-refractivity contribution in [2.75, 3.05) is 7.05 Å². The van der Waals surface area contributed by atoms with Crippen molar-refractivity contribution in [1.82, 2.24) is 5.32 Å². The number of carbonyl (C=O) groups excluding carboxylic acids is 1. The van der Waals surface area contributed by atoms with Gasteiger partial charge in [0.15, 0.2) is 0 Å². The molecule has 0 aromatic carbocycles. The maximum absolute atomic E-state index is 11.1. The van der Waals surface area contributed by atoms with Crippen molar-refractivity contribution in [3.05, 3.63) is 0 Å². The minimum atomic E-state index is -0.305. The van der Waals surface area contributed by atoms with Crippen LogP contribution in [0.15, 0.2) is 0 Å². The number of amides is 1. The van der Waals surface area contributed by atoms with Crippen molar-refractivity contribution in [2.24, 2.45) is 0 Å². The Hall–Kier alpha value is -0.545. The zero-order valence-corrected chi connectivity index (χ0v) is 10.2. The SMILES string of the molecule is CNC(=O)CCB1OC(C)(C)C(C)(C)O1. The Kier molecular flexibility index (Phi) is 3.46. The summed E-state index contributed by atoms with van der Waals surface area (Å²) in [4.78, 5) is 11.1. The summed E-state index contributed by atoms with van der Waals surface area (Å²) < 4.78 is 11.5. The zero-order chi connectivity index (χ0) is 11.7. The molecular formula is C10H20BNO3. The van der Waals surface area contributed by atoms with E-state index in [4.69, 9.17) is 9.31 Å². The zero-order valence-electron chi connectivity index (χ0n) is 10.2. The van der Waals surface area contributed by atoms with Gasteiger partial charge in [0.05, 0.1) is 11.2 Å². The molecule has 0 radical (unpaired) electrons. The summed E-state index contributed by atoms with van der Waals surface area (Å²) in [7, 11) is 1.36. The summed E-state index contributed by atoms with van der Waals surface area (Å²) in [5, 5.41) is 2.58. The number of hydrogen-bond donors (Lipinski definition) is 1. The van der Waals surface area contributed by atoms with Crippen LogP contribution in [0, 0.1) is 0 Å². The van der Waals surface area contributed by atoms with Gasteiger partial charge in [0.25, 0.3) is 0 Å². The predicted molar refractivity (Wildman–Crippen MR) is 59.6 cm³/mol. The van der Waals surface area contributed by atoms with Crippen LogP contribution in [0.25, 0.3) is 0 Å². The van der Waals surface area contributed by atoms with Gasteiger partial charge in [-0.15, -0.1) is 0 Å². The van der Waals surface area contributed by atoms with E-state index in [9.17, 15) is 4.79 Å². The summed E-state index contributed by atoms with van der Waals surface area (Å²) in [6, 6.07) is 0. The van der Waals surface area contributed by atoms with Crippen molar-refractivity contribution < 1.29 is 14.1 Å². The molecule has 86 valence electrons. The van der Waals surface area contributed by atoms with E-state index < -0.39 is 0 Å². The van der Waals surface area contributed by atoms with Gasteiger partial charge in [-0.05, 0) is 34.0 Å². The van der Waals surface area contributed by atoms with Gasteiger partial charge in [-0.2, -0.15) is 0 Å². The standard InChI is InChI=1S/C10H20BNO3/c1-9(2)10(3,4)15-11(14-9)7-6-8(13)12-5/h6-7H2,1-5H3,(H,12,13). The van der Waals surface area contributed by atoms with Crippen molar-refractivity contribution in [1.29, 1.82) is 0 Å². The number of carbonyl (C=O) groups is 1. The molecule has 1 aliphatic rings. The van der Waals surface area contributed by atoms with Crippen LogP contribution in [0.2, 0.25) is 6.32 Å². The highest BCUT2D eigenvalue weighted by Crippen LogP contribution is 2.37. The molecule has 1 saturated heterocycles. The Bertz CT molecular complexity index is 237. The number of rotatable bonds is 3. The van der Waals surface area contributed by atoms with Crippen molar-refractivity contribution >= 4 is 13.0 Å². The van der Waals surface area contributed by atoms with Crippen LogP contribution in [0.3, 0.4) is 0 Å². The molecular weight excluding hydrogens is 193 g/mol. The molecule has 0 bridgehead atoms.